The average Bonchev–Trinajstić information content (AvgIpc) is 3.39. The average molecular weight is 478 g/mol. The zero-order valence-corrected chi connectivity index (χ0v) is 18.5. The SMILES string of the molecule is O=C(c1ccc2nc(NS(=O)(=O)c3ccc(F)cc3)sc2c1)N1CCC2(CC1)OCCO2. The van der Waals surface area contributed by atoms with Gasteiger partial charge in [-0.1, -0.05) is 11.3 Å². The topological polar surface area (TPSA) is 97.8 Å². The van der Waals surface area contributed by atoms with E-state index in [-0.39, 0.29) is 15.9 Å². The molecule has 0 saturated carbocycles. The number of rotatable bonds is 4. The second-order valence-corrected chi connectivity index (χ2v) is 10.4. The smallest absolute Gasteiger partial charge is 0.263 e. The predicted molar refractivity (Wildman–Crippen MR) is 117 cm³/mol. The zero-order chi connectivity index (χ0) is 22.3. The van der Waals surface area contributed by atoms with Gasteiger partial charge in [0, 0.05) is 31.5 Å². The van der Waals surface area contributed by atoms with Crippen molar-refractivity contribution in [2.45, 2.75) is 23.5 Å². The van der Waals surface area contributed by atoms with E-state index >= 15 is 0 Å². The highest BCUT2D eigenvalue weighted by Crippen LogP contribution is 2.33. The Bertz CT molecular complexity index is 1260. The van der Waals surface area contributed by atoms with Crippen LogP contribution in [0.2, 0.25) is 0 Å². The molecule has 8 nitrogen and oxygen atoms in total. The number of nitrogens with one attached hydrogen (secondary N) is 1. The third-order valence-corrected chi connectivity index (χ3v) is 8.02. The van der Waals surface area contributed by atoms with Crippen LogP contribution < -0.4 is 4.72 Å². The molecule has 0 atom stereocenters. The molecular weight excluding hydrogens is 457 g/mol. The second kappa shape index (κ2) is 8.07. The summed E-state index contributed by atoms with van der Waals surface area (Å²) >= 11 is 1.13. The molecule has 32 heavy (non-hydrogen) atoms. The summed E-state index contributed by atoms with van der Waals surface area (Å²) in [4.78, 5) is 19.0. The molecular formula is C21H20FN3O5S2. The number of hydrogen-bond acceptors (Lipinski definition) is 7. The summed E-state index contributed by atoms with van der Waals surface area (Å²) in [5.74, 6) is -1.16. The van der Waals surface area contributed by atoms with Gasteiger partial charge < -0.3 is 14.4 Å². The number of anilines is 1. The number of carbonyl (C=O) groups excluding carboxylic acids is 1. The maximum Gasteiger partial charge on any atom is 0.263 e. The van der Waals surface area contributed by atoms with Gasteiger partial charge in [0.05, 0.1) is 28.3 Å². The van der Waals surface area contributed by atoms with Crippen molar-refractivity contribution in [2.75, 3.05) is 31.0 Å². The van der Waals surface area contributed by atoms with E-state index in [0.717, 1.165) is 23.5 Å². The van der Waals surface area contributed by atoms with Crippen molar-refractivity contribution >= 4 is 42.6 Å². The lowest BCUT2D eigenvalue weighted by Gasteiger charge is -2.37. The van der Waals surface area contributed by atoms with Gasteiger partial charge in [0.15, 0.2) is 10.9 Å². The summed E-state index contributed by atoms with van der Waals surface area (Å²) in [5.41, 5.74) is 1.09. The molecule has 2 aliphatic heterocycles. The van der Waals surface area contributed by atoms with Gasteiger partial charge in [0.25, 0.3) is 15.9 Å². The summed E-state index contributed by atoms with van der Waals surface area (Å²) in [6, 6.07) is 9.64. The van der Waals surface area contributed by atoms with E-state index in [1.54, 1.807) is 23.1 Å². The number of sulfonamides is 1. The van der Waals surface area contributed by atoms with E-state index in [1.165, 1.54) is 12.1 Å². The predicted octanol–water partition coefficient (Wildman–Crippen LogP) is 3.22. The molecule has 0 aliphatic carbocycles. The van der Waals surface area contributed by atoms with Crippen LogP contribution in [0.1, 0.15) is 23.2 Å². The van der Waals surface area contributed by atoms with E-state index in [4.69, 9.17) is 9.47 Å². The quantitative estimate of drug-likeness (QED) is 0.620. The fourth-order valence-electron chi connectivity index (χ4n) is 3.91. The van der Waals surface area contributed by atoms with Crippen molar-refractivity contribution in [1.82, 2.24) is 9.88 Å². The Morgan fingerprint density at radius 2 is 1.78 bits per heavy atom. The van der Waals surface area contributed by atoms with Gasteiger partial charge in [0.2, 0.25) is 0 Å². The number of aromatic nitrogens is 1. The van der Waals surface area contributed by atoms with Gasteiger partial charge in [-0.2, -0.15) is 0 Å². The van der Waals surface area contributed by atoms with E-state index in [1.807, 2.05) is 0 Å². The number of amides is 1. The highest BCUT2D eigenvalue weighted by molar-refractivity contribution is 7.93. The number of halogens is 1. The number of fused-ring (bicyclic) bond motifs is 1. The van der Waals surface area contributed by atoms with Crippen molar-refractivity contribution < 1.29 is 27.1 Å². The number of thiazole rings is 1. The fourth-order valence-corrected chi connectivity index (χ4v) is 6.05. The number of likely N-dealkylation sites (tertiary alicyclic amines) is 1. The molecule has 2 saturated heterocycles. The lowest BCUT2D eigenvalue weighted by Crippen LogP contribution is -2.47. The van der Waals surface area contributed by atoms with Crippen LogP contribution in [0.25, 0.3) is 10.2 Å². The number of carbonyl (C=O) groups is 1. The minimum Gasteiger partial charge on any atom is -0.347 e. The third-order valence-electron chi connectivity index (χ3n) is 5.61. The number of benzene rings is 2. The largest absolute Gasteiger partial charge is 0.347 e. The van der Waals surface area contributed by atoms with Crippen molar-refractivity contribution in [1.29, 1.82) is 0 Å². The first-order chi connectivity index (χ1) is 15.3. The van der Waals surface area contributed by atoms with Crippen molar-refractivity contribution in [2.24, 2.45) is 0 Å². The highest BCUT2D eigenvalue weighted by atomic mass is 32.2. The Hall–Kier alpha value is -2.60. The van der Waals surface area contributed by atoms with Crippen molar-refractivity contribution in [3.63, 3.8) is 0 Å². The number of nitrogens with zero attached hydrogens (tertiary/aromatic N) is 2. The number of piperidine rings is 1. The lowest BCUT2D eigenvalue weighted by atomic mass is 10.0. The first-order valence-corrected chi connectivity index (χ1v) is 12.4. The monoisotopic (exact) mass is 477 g/mol. The van der Waals surface area contributed by atoms with Crippen LogP contribution in [0.5, 0.6) is 0 Å². The molecule has 3 aromatic rings. The van der Waals surface area contributed by atoms with Crippen LogP contribution >= 0.6 is 11.3 Å². The van der Waals surface area contributed by atoms with Crippen LogP contribution in [0, 0.1) is 5.82 Å². The molecule has 2 aromatic carbocycles. The Morgan fingerprint density at radius 3 is 2.47 bits per heavy atom. The molecule has 2 aliphatic rings. The number of ether oxygens (including phenoxy) is 2. The van der Waals surface area contributed by atoms with E-state index in [0.29, 0.717) is 54.9 Å². The van der Waals surface area contributed by atoms with Crippen LogP contribution in [0.4, 0.5) is 9.52 Å². The molecule has 1 amide bonds. The summed E-state index contributed by atoms with van der Waals surface area (Å²) < 4.78 is 52.7. The van der Waals surface area contributed by atoms with Crippen molar-refractivity contribution in [3.05, 3.63) is 53.8 Å². The summed E-state index contributed by atoms with van der Waals surface area (Å²) in [6.45, 7) is 2.26. The van der Waals surface area contributed by atoms with E-state index in [2.05, 4.69) is 9.71 Å². The molecule has 5 rings (SSSR count). The molecule has 0 radical (unpaired) electrons. The molecule has 1 spiro atoms. The maximum absolute atomic E-state index is 13.1. The van der Waals surface area contributed by atoms with Gasteiger partial charge in [-0.25, -0.2) is 17.8 Å². The molecule has 168 valence electrons. The third kappa shape index (κ3) is 4.08. The minimum absolute atomic E-state index is 0.0629. The van der Waals surface area contributed by atoms with Crippen LogP contribution in [0.3, 0.4) is 0 Å². The Kier molecular flexibility index (Phi) is 5.36. The molecule has 0 bridgehead atoms. The molecule has 2 fully saturated rings. The second-order valence-electron chi connectivity index (χ2n) is 7.66. The van der Waals surface area contributed by atoms with Crippen LogP contribution in [0.15, 0.2) is 47.4 Å². The summed E-state index contributed by atoms with van der Waals surface area (Å²) in [5, 5.41) is 0.171. The van der Waals surface area contributed by atoms with E-state index < -0.39 is 21.6 Å². The normalized spacial score (nSPS) is 18.3. The van der Waals surface area contributed by atoms with Gasteiger partial charge in [-0.15, -0.1) is 0 Å². The Balaban J connectivity index is 1.32. The van der Waals surface area contributed by atoms with Gasteiger partial charge >= 0.3 is 0 Å². The Labute approximate surface area is 188 Å². The first kappa shape index (κ1) is 21.3. The fraction of sp³-hybridized carbons (Fsp3) is 0.333. The molecule has 3 heterocycles. The van der Waals surface area contributed by atoms with Crippen LogP contribution in [-0.2, 0) is 19.5 Å². The van der Waals surface area contributed by atoms with E-state index in [9.17, 15) is 17.6 Å². The zero-order valence-electron chi connectivity index (χ0n) is 16.9. The van der Waals surface area contributed by atoms with Gasteiger partial charge in [-0.05, 0) is 42.5 Å². The van der Waals surface area contributed by atoms with Crippen LogP contribution in [-0.4, -0.2) is 56.3 Å². The van der Waals surface area contributed by atoms with Crippen molar-refractivity contribution in [3.8, 4) is 0 Å². The molecule has 11 heteroatoms. The lowest BCUT2D eigenvalue weighted by molar-refractivity contribution is -0.181. The van der Waals surface area contributed by atoms with Gasteiger partial charge in [-0.3, -0.25) is 9.52 Å². The maximum atomic E-state index is 13.1. The Morgan fingerprint density at radius 1 is 1.09 bits per heavy atom. The first-order valence-electron chi connectivity index (χ1n) is 10.1. The number of hydrogen-bond donors (Lipinski definition) is 1. The summed E-state index contributed by atoms with van der Waals surface area (Å²) in [7, 11) is -3.90. The molecule has 0 unspecified atom stereocenters. The minimum atomic E-state index is -3.90. The highest BCUT2D eigenvalue weighted by Gasteiger charge is 2.40. The standard InChI is InChI=1S/C21H20FN3O5S2/c22-15-2-4-16(5-3-15)32(27,28)24-20-23-17-6-1-14(13-18(17)31-20)19(26)25-9-7-21(8-10-25)29-11-12-30-21/h1-6,13H,7-12H2,(H,23,24). The molecule has 1 aromatic heterocycles. The van der Waals surface area contributed by atoms with Gasteiger partial charge in [0.1, 0.15) is 5.82 Å². The summed E-state index contributed by atoms with van der Waals surface area (Å²) in [6.07, 6.45) is 1.27. The molecule has 1 N–H and O–H groups in total.